The molecule has 1 unspecified atom stereocenters. The largest absolute Gasteiger partial charge is 0.538 e. The summed E-state index contributed by atoms with van der Waals surface area (Å²) in [5.41, 5.74) is 4.16. The topological polar surface area (TPSA) is 77.0 Å². The van der Waals surface area contributed by atoms with Crippen LogP contribution in [-0.2, 0) is 13.8 Å². The Morgan fingerprint density at radius 1 is 0.757 bits per heavy atom. The number of aliphatic imine (C=N–C) groups is 1. The summed E-state index contributed by atoms with van der Waals surface area (Å²) < 4.78 is 25.4. The van der Waals surface area contributed by atoms with Crippen LogP contribution in [0.4, 0.5) is 4.79 Å². The quantitative estimate of drug-likeness (QED) is 0.267. The standard InChI is InChI=1S/C30H33N2O4P/c1-29(2,3)35-28(33)32-25(20-14-8-7-9-15-20)27(37(34)36-30(4,5)6)31-26-23-18-12-10-16-21(23)22-17-11-13-19-24(22)26/h7-19,25,27H,1-6H3/p+1/t25-,27-/m0/s1. The van der Waals surface area contributed by atoms with Crippen molar-refractivity contribution in [3.63, 3.8) is 0 Å². The highest BCUT2D eigenvalue weighted by Crippen LogP contribution is 2.45. The normalized spacial score (nSPS) is 14.8. The number of carbonyl (C=O) groups is 1. The van der Waals surface area contributed by atoms with Gasteiger partial charge in [-0.15, -0.1) is 4.52 Å². The highest BCUT2D eigenvalue weighted by atomic mass is 31.1. The van der Waals surface area contributed by atoms with E-state index in [9.17, 15) is 9.36 Å². The predicted octanol–water partition coefficient (Wildman–Crippen LogP) is 7.65. The van der Waals surface area contributed by atoms with E-state index in [0.29, 0.717) is 0 Å². The second kappa shape index (κ2) is 10.6. The fourth-order valence-electron chi connectivity index (χ4n) is 4.26. The number of benzene rings is 3. The number of hydrogen-bond donors (Lipinski definition) is 1. The van der Waals surface area contributed by atoms with Crippen molar-refractivity contribution in [3.05, 3.63) is 95.6 Å². The predicted molar refractivity (Wildman–Crippen MR) is 148 cm³/mol. The second-order valence-corrected chi connectivity index (χ2v) is 12.3. The van der Waals surface area contributed by atoms with Crippen LogP contribution in [0, 0.1) is 0 Å². The first kappa shape index (κ1) is 26.7. The number of hydrogen-bond acceptors (Lipinski definition) is 5. The molecule has 0 heterocycles. The van der Waals surface area contributed by atoms with E-state index in [1.165, 1.54) is 0 Å². The van der Waals surface area contributed by atoms with E-state index in [4.69, 9.17) is 14.3 Å². The monoisotopic (exact) mass is 517 g/mol. The lowest BCUT2D eigenvalue weighted by Crippen LogP contribution is -2.39. The number of nitrogens with one attached hydrogen (secondary N) is 1. The Bertz CT molecular complexity index is 1280. The fourth-order valence-corrected chi connectivity index (χ4v) is 5.61. The lowest BCUT2D eigenvalue weighted by Gasteiger charge is -2.24. The van der Waals surface area contributed by atoms with Gasteiger partial charge in [0.25, 0.3) is 0 Å². The van der Waals surface area contributed by atoms with Crippen molar-refractivity contribution >= 4 is 19.8 Å². The minimum absolute atomic E-state index is 0.613. The molecule has 3 aromatic rings. The van der Waals surface area contributed by atoms with Gasteiger partial charge < -0.3 is 10.1 Å². The molecule has 0 aliphatic heterocycles. The first-order valence-electron chi connectivity index (χ1n) is 12.4. The number of alkyl carbamates (subject to hydrolysis) is 1. The summed E-state index contributed by atoms with van der Waals surface area (Å²) in [5, 5.41) is 2.95. The molecule has 7 heteroatoms. The van der Waals surface area contributed by atoms with Gasteiger partial charge in [0.1, 0.15) is 17.2 Å². The Balaban J connectivity index is 1.87. The number of rotatable bonds is 6. The zero-order valence-corrected chi connectivity index (χ0v) is 23.1. The summed E-state index contributed by atoms with van der Waals surface area (Å²) in [5.74, 6) is -0.918. The lowest BCUT2D eigenvalue weighted by atomic mass is 10.1. The third-order valence-corrected chi connectivity index (χ3v) is 7.20. The Kier molecular flexibility index (Phi) is 7.63. The van der Waals surface area contributed by atoms with Gasteiger partial charge in [0, 0.05) is 11.1 Å². The maximum atomic E-state index is 13.9. The van der Waals surface area contributed by atoms with Crippen LogP contribution < -0.4 is 5.32 Å². The van der Waals surface area contributed by atoms with E-state index in [1.807, 2.05) is 87.5 Å². The molecule has 37 heavy (non-hydrogen) atoms. The molecule has 192 valence electrons. The molecule has 0 saturated heterocycles. The molecule has 1 N–H and O–H groups in total. The summed E-state index contributed by atoms with van der Waals surface area (Å²) in [7, 11) is -2.36. The van der Waals surface area contributed by atoms with Crippen LogP contribution in [0.5, 0.6) is 0 Å². The van der Waals surface area contributed by atoms with Crippen molar-refractivity contribution in [2.75, 3.05) is 0 Å². The third kappa shape index (κ3) is 6.51. The van der Waals surface area contributed by atoms with Crippen molar-refractivity contribution in [1.29, 1.82) is 0 Å². The van der Waals surface area contributed by atoms with Crippen molar-refractivity contribution < 1.29 is 18.6 Å². The average molecular weight is 518 g/mol. The molecule has 0 fully saturated rings. The van der Waals surface area contributed by atoms with Crippen molar-refractivity contribution in [3.8, 4) is 11.1 Å². The van der Waals surface area contributed by atoms with Gasteiger partial charge in [0.15, 0.2) is 0 Å². The van der Waals surface area contributed by atoms with Gasteiger partial charge in [-0.25, -0.2) is 9.79 Å². The van der Waals surface area contributed by atoms with Crippen LogP contribution >= 0.6 is 8.03 Å². The summed E-state index contributed by atoms with van der Waals surface area (Å²) in [6.45, 7) is 11.0. The molecule has 3 aromatic carbocycles. The SMILES string of the molecule is CC(C)(C)OC(=O)N[C@@H](c1ccccc1)[C@@H](N=C1c2ccccc2-c2ccccc21)[P+](=O)OC(C)(C)C. The number of nitrogens with zero attached hydrogens (tertiary/aromatic N) is 1. The second-order valence-electron chi connectivity index (χ2n) is 11.0. The van der Waals surface area contributed by atoms with Crippen molar-refractivity contribution in [1.82, 2.24) is 5.32 Å². The Labute approximate surface area is 220 Å². The van der Waals surface area contributed by atoms with Gasteiger partial charge in [-0.05, 0) is 62.8 Å². The molecule has 1 aliphatic rings. The van der Waals surface area contributed by atoms with Crippen molar-refractivity contribution in [2.45, 2.75) is 64.6 Å². The third-order valence-electron chi connectivity index (χ3n) is 5.62. The first-order valence-corrected chi connectivity index (χ1v) is 13.6. The van der Waals surface area contributed by atoms with Gasteiger partial charge in [-0.1, -0.05) is 78.9 Å². The van der Waals surface area contributed by atoms with E-state index in [0.717, 1.165) is 33.5 Å². The summed E-state index contributed by atoms with van der Waals surface area (Å²) in [6, 6.07) is 24.7. The fraction of sp³-hybridized carbons (Fsp3) is 0.333. The zero-order chi connectivity index (χ0) is 26.8. The summed E-state index contributed by atoms with van der Waals surface area (Å²) in [6.07, 6.45) is -0.613. The molecule has 0 bridgehead atoms. The Morgan fingerprint density at radius 3 is 1.73 bits per heavy atom. The minimum Gasteiger partial charge on any atom is -0.444 e. The highest BCUT2D eigenvalue weighted by molar-refractivity contribution is 7.40. The number of ether oxygens (including phenoxy) is 1. The van der Waals surface area contributed by atoms with Gasteiger partial charge in [-0.2, -0.15) is 0 Å². The molecule has 0 spiro atoms. The molecular formula is C30H34N2O4P+. The molecule has 0 aromatic heterocycles. The van der Waals surface area contributed by atoms with E-state index < -0.39 is 37.1 Å². The van der Waals surface area contributed by atoms with Crippen LogP contribution in [0.15, 0.2) is 83.9 Å². The van der Waals surface area contributed by atoms with Crippen molar-refractivity contribution in [2.24, 2.45) is 4.99 Å². The van der Waals surface area contributed by atoms with Gasteiger partial charge in [0.2, 0.25) is 0 Å². The molecule has 1 aliphatic carbocycles. The van der Waals surface area contributed by atoms with Crippen LogP contribution in [-0.4, -0.2) is 28.8 Å². The first-order chi connectivity index (χ1) is 17.4. The molecule has 6 nitrogen and oxygen atoms in total. The van der Waals surface area contributed by atoms with Gasteiger partial charge in [-0.3, -0.25) is 0 Å². The Hall–Kier alpha value is -3.34. The van der Waals surface area contributed by atoms with Crippen LogP contribution in [0.3, 0.4) is 0 Å². The Morgan fingerprint density at radius 2 is 1.24 bits per heavy atom. The molecule has 0 radical (unpaired) electrons. The number of amides is 1. The van der Waals surface area contributed by atoms with Crippen LogP contribution in [0.25, 0.3) is 11.1 Å². The number of fused-ring (bicyclic) bond motifs is 3. The smallest absolute Gasteiger partial charge is 0.444 e. The van der Waals surface area contributed by atoms with Crippen LogP contribution in [0.1, 0.15) is 64.3 Å². The molecule has 0 saturated carbocycles. The van der Waals surface area contributed by atoms with E-state index >= 15 is 0 Å². The summed E-state index contributed by atoms with van der Waals surface area (Å²) in [4.78, 5) is 18.1. The average Bonchev–Trinajstić information content (AvgIpc) is 3.13. The molecule has 4 rings (SSSR count). The minimum atomic E-state index is -2.36. The van der Waals surface area contributed by atoms with E-state index in [1.54, 1.807) is 20.8 Å². The maximum Gasteiger partial charge on any atom is 0.538 e. The van der Waals surface area contributed by atoms with E-state index in [2.05, 4.69) is 17.4 Å². The lowest BCUT2D eigenvalue weighted by molar-refractivity contribution is 0.0501. The highest BCUT2D eigenvalue weighted by Gasteiger charge is 2.46. The van der Waals surface area contributed by atoms with Gasteiger partial charge in [0.05, 0.1) is 5.71 Å². The zero-order valence-electron chi connectivity index (χ0n) is 22.2. The number of carbonyl (C=O) groups excluding carboxylic acids is 1. The molecule has 1 amide bonds. The summed E-state index contributed by atoms with van der Waals surface area (Å²) >= 11 is 0. The maximum absolute atomic E-state index is 13.9. The molecule has 3 atom stereocenters. The molecular weight excluding hydrogens is 483 g/mol. The van der Waals surface area contributed by atoms with E-state index in [-0.39, 0.29) is 0 Å². The van der Waals surface area contributed by atoms with Gasteiger partial charge >= 0.3 is 19.9 Å². The van der Waals surface area contributed by atoms with Crippen LogP contribution in [0.2, 0.25) is 0 Å².